The molecular weight excluding hydrogens is 246 g/mol. The minimum Gasteiger partial charge on any atom is -0.373 e. The van der Waals surface area contributed by atoms with Crippen LogP contribution in [0.3, 0.4) is 0 Å². The van der Waals surface area contributed by atoms with Crippen molar-refractivity contribution in [3.63, 3.8) is 0 Å². The van der Waals surface area contributed by atoms with Gasteiger partial charge in [0.1, 0.15) is 11.6 Å². The number of nitrogens with zero attached hydrogens (tertiary/aromatic N) is 2. The van der Waals surface area contributed by atoms with Gasteiger partial charge in [-0.3, -0.25) is 0 Å². The molecule has 2 aromatic rings. The number of anilines is 1. The summed E-state index contributed by atoms with van der Waals surface area (Å²) in [6, 6.07) is 12.6. The van der Waals surface area contributed by atoms with E-state index in [1.807, 2.05) is 13.1 Å². The number of rotatable bonds is 4. The topological polar surface area (TPSA) is 37.8 Å². The molecule has 0 bridgehead atoms. The van der Waals surface area contributed by atoms with Gasteiger partial charge in [-0.1, -0.05) is 30.3 Å². The van der Waals surface area contributed by atoms with Crippen LogP contribution in [0.2, 0.25) is 0 Å². The third-order valence-corrected chi connectivity index (χ3v) is 4.05. The molecule has 0 atom stereocenters. The van der Waals surface area contributed by atoms with Crippen molar-refractivity contribution in [3.8, 4) is 0 Å². The summed E-state index contributed by atoms with van der Waals surface area (Å²) in [5.74, 6) is 2.45. The summed E-state index contributed by atoms with van der Waals surface area (Å²) in [6.07, 6.45) is 2.51. The highest BCUT2D eigenvalue weighted by Gasteiger charge is 2.31. The van der Waals surface area contributed by atoms with Gasteiger partial charge >= 0.3 is 0 Å². The maximum Gasteiger partial charge on any atom is 0.140 e. The minimum atomic E-state index is -0.183. The van der Waals surface area contributed by atoms with Crippen LogP contribution in [-0.4, -0.2) is 17.0 Å². The van der Waals surface area contributed by atoms with E-state index in [9.17, 15) is 0 Å². The first-order valence-electron chi connectivity index (χ1n) is 7.24. The van der Waals surface area contributed by atoms with E-state index in [0.29, 0.717) is 5.92 Å². The Labute approximate surface area is 120 Å². The first-order valence-corrected chi connectivity index (χ1v) is 7.24. The molecule has 20 heavy (non-hydrogen) atoms. The second-order valence-electron chi connectivity index (χ2n) is 6.02. The van der Waals surface area contributed by atoms with E-state index in [0.717, 1.165) is 11.6 Å². The molecule has 1 N–H and O–H groups in total. The molecule has 1 fully saturated rings. The van der Waals surface area contributed by atoms with E-state index >= 15 is 0 Å². The lowest BCUT2D eigenvalue weighted by Crippen LogP contribution is -2.23. The van der Waals surface area contributed by atoms with Crippen molar-refractivity contribution in [2.45, 2.75) is 38.0 Å². The molecule has 0 aliphatic heterocycles. The summed E-state index contributed by atoms with van der Waals surface area (Å²) in [5.41, 5.74) is 2.25. The highest BCUT2D eigenvalue weighted by Crippen LogP contribution is 2.40. The molecule has 0 amide bonds. The van der Waals surface area contributed by atoms with Crippen LogP contribution < -0.4 is 5.32 Å². The molecule has 104 valence electrons. The van der Waals surface area contributed by atoms with Gasteiger partial charge in [0.25, 0.3) is 0 Å². The number of benzene rings is 1. The van der Waals surface area contributed by atoms with Crippen molar-refractivity contribution in [3.05, 3.63) is 53.5 Å². The maximum absolute atomic E-state index is 4.84. The van der Waals surface area contributed by atoms with Crippen LogP contribution in [0.5, 0.6) is 0 Å². The van der Waals surface area contributed by atoms with Gasteiger partial charge in [0.15, 0.2) is 0 Å². The van der Waals surface area contributed by atoms with E-state index in [4.69, 9.17) is 4.98 Å². The summed E-state index contributed by atoms with van der Waals surface area (Å²) >= 11 is 0. The Kier molecular flexibility index (Phi) is 3.20. The Balaban J connectivity index is 2.06. The van der Waals surface area contributed by atoms with Crippen molar-refractivity contribution in [1.29, 1.82) is 0 Å². The molecule has 1 aromatic carbocycles. The van der Waals surface area contributed by atoms with Gasteiger partial charge in [0, 0.05) is 30.1 Å². The lowest BCUT2D eigenvalue weighted by Gasteiger charge is -2.24. The van der Waals surface area contributed by atoms with Gasteiger partial charge in [-0.05, 0) is 32.3 Å². The highest BCUT2D eigenvalue weighted by atomic mass is 15.0. The average molecular weight is 267 g/mol. The smallest absolute Gasteiger partial charge is 0.140 e. The molecule has 3 rings (SSSR count). The molecule has 1 heterocycles. The fourth-order valence-electron chi connectivity index (χ4n) is 2.45. The second-order valence-corrected chi connectivity index (χ2v) is 6.02. The molecule has 0 spiro atoms. The van der Waals surface area contributed by atoms with E-state index in [1.54, 1.807) is 0 Å². The van der Waals surface area contributed by atoms with E-state index in [2.05, 4.69) is 54.5 Å². The number of hydrogen-bond donors (Lipinski definition) is 1. The van der Waals surface area contributed by atoms with E-state index < -0.39 is 0 Å². The first kappa shape index (κ1) is 13.1. The van der Waals surface area contributed by atoms with Gasteiger partial charge in [0.05, 0.1) is 0 Å². The molecule has 1 aliphatic carbocycles. The summed E-state index contributed by atoms with van der Waals surface area (Å²) in [7, 11) is 1.91. The van der Waals surface area contributed by atoms with Gasteiger partial charge in [-0.2, -0.15) is 0 Å². The van der Waals surface area contributed by atoms with E-state index in [1.165, 1.54) is 24.1 Å². The SMILES string of the molecule is CNc1cc(C2CC2)nc(C(C)(C)c2ccccc2)n1. The summed E-state index contributed by atoms with van der Waals surface area (Å²) in [5, 5.41) is 3.16. The third kappa shape index (κ3) is 2.40. The number of aromatic nitrogens is 2. The van der Waals surface area contributed by atoms with Crippen molar-refractivity contribution in [2.24, 2.45) is 0 Å². The molecule has 0 saturated heterocycles. The van der Waals surface area contributed by atoms with Gasteiger partial charge in [-0.15, -0.1) is 0 Å². The molecule has 0 unspecified atom stereocenters. The zero-order valence-corrected chi connectivity index (χ0v) is 12.4. The van der Waals surface area contributed by atoms with Gasteiger partial charge in [0.2, 0.25) is 0 Å². The lowest BCUT2D eigenvalue weighted by atomic mass is 9.83. The molecule has 1 aliphatic rings. The Morgan fingerprint density at radius 3 is 2.40 bits per heavy atom. The van der Waals surface area contributed by atoms with Crippen molar-refractivity contribution >= 4 is 5.82 Å². The summed E-state index contributed by atoms with van der Waals surface area (Å²) in [6.45, 7) is 4.38. The molecule has 1 aromatic heterocycles. The standard InChI is InChI=1S/C17H21N3/c1-17(2,13-7-5-4-6-8-13)16-19-14(12-9-10-12)11-15(18-3)20-16/h4-8,11-12H,9-10H2,1-3H3,(H,18,19,20). The van der Waals surface area contributed by atoms with Crippen molar-refractivity contribution in [1.82, 2.24) is 9.97 Å². The Morgan fingerprint density at radius 2 is 1.80 bits per heavy atom. The number of hydrogen-bond acceptors (Lipinski definition) is 3. The van der Waals surface area contributed by atoms with Crippen LogP contribution in [0, 0.1) is 0 Å². The third-order valence-electron chi connectivity index (χ3n) is 4.05. The van der Waals surface area contributed by atoms with Crippen molar-refractivity contribution < 1.29 is 0 Å². The predicted octanol–water partition coefficient (Wildman–Crippen LogP) is 3.72. The largest absolute Gasteiger partial charge is 0.373 e. The van der Waals surface area contributed by atoms with Gasteiger partial charge < -0.3 is 5.32 Å². The summed E-state index contributed by atoms with van der Waals surface area (Å²) in [4.78, 5) is 9.53. The minimum absolute atomic E-state index is 0.183. The second kappa shape index (κ2) is 4.89. The van der Waals surface area contributed by atoms with Crippen LogP contribution in [-0.2, 0) is 5.41 Å². The quantitative estimate of drug-likeness (QED) is 0.917. The monoisotopic (exact) mass is 267 g/mol. The zero-order chi connectivity index (χ0) is 14.2. The van der Waals surface area contributed by atoms with Gasteiger partial charge in [-0.25, -0.2) is 9.97 Å². The Hall–Kier alpha value is -1.90. The highest BCUT2D eigenvalue weighted by molar-refractivity contribution is 5.41. The molecule has 3 nitrogen and oxygen atoms in total. The Bertz CT molecular complexity index is 601. The molecule has 1 saturated carbocycles. The maximum atomic E-state index is 4.84. The average Bonchev–Trinajstić information content (AvgIpc) is 3.32. The first-order chi connectivity index (χ1) is 9.61. The van der Waals surface area contributed by atoms with Crippen LogP contribution >= 0.6 is 0 Å². The number of nitrogens with one attached hydrogen (secondary N) is 1. The van der Waals surface area contributed by atoms with Crippen LogP contribution in [0.15, 0.2) is 36.4 Å². The van der Waals surface area contributed by atoms with E-state index in [-0.39, 0.29) is 5.41 Å². The fourth-order valence-corrected chi connectivity index (χ4v) is 2.45. The molecule has 3 heteroatoms. The summed E-state index contributed by atoms with van der Waals surface area (Å²) < 4.78 is 0. The zero-order valence-electron chi connectivity index (χ0n) is 12.4. The predicted molar refractivity (Wildman–Crippen MR) is 82.1 cm³/mol. The fraction of sp³-hybridized carbons (Fsp3) is 0.412. The normalized spacial score (nSPS) is 15.2. The van der Waals surface area contributed by atoms with Crippen LogP contribution in [0.4, 0.5) is 5.82 Å². The van der Waals surface area contributed by atoms with Crippen molar-refractivity contribution in [2.75, 3.05) is 12.4 Å². The van der Waals surface area contributed by atoms with Crippen LogP contribution in [0.1, 0.15) is 49.7 Å². The lowest BCUT2D eigenvalue weighted by molar-refractivity contribution is 0.586. The molecule has 0 radical (unpaired) electrons. The molecular formula is C17H21N3. The Morgan fingerprint density at radius 1 is 1.10 bits per heavy atom. The van der Waals surface area contributed by atoms with Crippen LogP contribution in [0.25, 0.3) is 0 Å².